The maximum Gasteiger partial charge on any atom is 0.308 e. The number of hydrogen-bond donors (Lipinski definition) is 0. The van der Waals surface area contributed by atoms with Gasteiger partial charge in [-0.1, -0.05) is 12.1 Å². The summed E-state index contributed by atoms with van der Waals surface area (Å²) in [5.74, 6) is 0.196. The number of benzene rings is 1. The Morgan fingerprint density at radius 3 is 2.36 bits per heavy atom. The number of carbonyl (C=O) groups excluding carboxylic acids is 1. The van der Waals surface area contributed by atoms with Gasteiger partial charge < -0.3 is 4.74 Å². The van der Waals surface area contributed by atoms with Crippen molar-refractivity contribution in [1.29, 1.82) is 0 Å². The van der Waals surface area contributed by atoms with Gasteiger partial charge in [0.25, 0.3) is 0 Å². The summed E-state index contributed by atoms with van der Waals surface area (Å²) in [5.41, 5.74) is 0.654. The first kappa shape index (κ1) is 7.79. The highest BCUT2D eigenvalue weighted by Crippen LogP contribution is 2.10. The van der Waals surface area contributed by atoms with E-state index in [0.717, 1.165) is 0 Å². The molecule has 0 aromatic heterocycles. The van der Waals surface area contributed by atoms with Gasteiger partial charge in [-0.2, -0.15) is 0 Å². The number of carbonyl (C=O) groups is 1. The van der Waals surface area contributed by atoms with Gasteiger partial charge in [-0.25, -0.2) is 0 Å². The average molecular weight is 148 g/mol. The van der Waals surface area contributed by atoms with Crippen LogP contribution in [0.2, 0.25) is 0 Å². The summed E-state index contributed by atoms with van der Waals surface area (Å²) in [4.78, 5) is 10.4. The zero-order chi connectivity index (χ0) is 8.27. The largest absolute Gasteiger partial charge is 0.427 e. The van der Waals surface area contributed by atoms with E-state index in [1.165, 1.54) is 6.92 Å². The lowest BCUT2D eigenvalue weighted by molar-refractivity contribution is -0.131. The van der Waals surface area contributed by atoms with Crippen LogP contribution in [0.15, 0.2) is 24.3 Å². The Bertz CT molecular complexity index is 249. The molecule has 1 aromatic rings. The van der Waals surface area contributed by atoms with Crippen LogP contribution in [-0.2, 0) is 4.79 Å². The van der Waals surface area contributed by atoms with E-state index >= 15 is 0 Å². The second-order valence-corrected chi connectivity index (χ2v) is 2.16. The second kappa shape index (κ2) is 3.19. The summed E-state index contributed by atoms with van der Waals surface area (Å²) in [6, 6.07) is 6.66. The Morgan fingerprint density at radius 2 is 1.91 bits per heavy atom. The van der Waals surface area contributed by atoms with E-state index < -0.39 is 0 Å². The van der Waals surface area contributed by atoms with Crippen LogP contribution < -0.4 is 4.74 Å². The summed E-state index contributed by atoms with van der Waals surface area (Å²) in [5, 5.41) is 0. The van der Waals surface area contributed by atoms with E-state index in [2.05, 4.69) is 0 Å². The fraction of sp³-hybridized carbons (Fsp3) is 0.111. The first-order valence-corrected chi connectivity index (χ1v) is 3.22. The van der Waals surface area contributed by atoms with Crippen molar-refractivity contribution in [2.45, 2.75) is 6.92 Å². The van der Waals surface area contributed by atoms with Gasteiger partial charge >= 0.3 is 5.97 Å². The molecular formula is C9H8O2. The lowest BCUT2D eigenvalue weighted by Gasteiger charge is -1.99. The van der Waals surface area contributed by atoms with E-state index in [0.29, 0.717) is 11.3 Å². The maximum atomic E-state index is 10.4. The molecule has 0 saturated carbocycles. The third-order valence-electron chi connectivity index (χ3n) is 1.14. The van der Waals surface area contributed by atoms with Gasteiger partial charge in [-0.3, -0.25) is 4.79 Å². The highest BCUT2D eigenvalue weighted by Gasteiger charge is 1.95. The Balaban J connectivity index is 2.74. The number of esters is 1. The first-order valence-electron chi connectivity index (χ1n) is 3.22. The molecule has 2 nitrogen and oxygen atoms in total. The van der Waals surface area contributed by atoms with Gasteiger partial charge in [-0.15, -0.1) is 0 Å². The van der Waals surface area contributed by atoms with Crippen molar-refractivity contribution in [2.75, 3.05) is 0 Å². The molecule has 11 heavy (non-hydrogen) atoms. The van der Waals surface area contributed by atoms with Crippen molar-refractivity contribution >= 4 is 5.97 Å². The molecule has 56 valence electrons. The molecule has 0 aliphatic carbocycles. The number of rotatable bonds is 1. The van der Waals surface area contributed by atoms with Gasteiger partial charge in [0.05, 0.1) is 0 Å². The summed E-state index contributed by atoms with van der Waals surface area (Å²) < 4.78 is 4.77. The maximum absolute atomic E-state index is 10.4. The van der Waals surface area contributed by atoms with Gasteiger partial charge in [0.15, 0.2) is 0 Å². The van der Waals surface area contributed by atoms with Crippen LogP contribution in [0, 0.1) is 6.92 Å². The standard InChI is InChI=1S/C9H8O2/c1-7-3-5-9(6-4-7)11-8(2)10/h1,3-6H,2H3. The number of ether oxygens (including phenoxy) is 1. The van der Waals surface area contributed by atoms with Crippen LogP contribution >= 0.6 is 0 Å². The molecule has 1 aromatic carbocycles. The highest BCUT2D eigenvalue weighted by molar-refractivity contribution is 5.69. The Labute approximate surface area is 65.8 Å². The summed E-state index contributed by atoms with van der Waals surface area (Å²) in [6.45, 7) is 6.77. The summed E-state index contributed by atoms with van der Waals surface area (Å²) >= 11 is 0. The second-order valence-electron chi connectivity index (χ2n) is 2.16. The molecule has 0 atom stereocenters. The molecule has 0 aliphatic heterocycles. The third kappa shape index (κ3) is 2.42. The topological polar surface area (TPSA) is 26.3 Å². The normalized spacial score (nSPS) is 9.27. The minimum atomic E-state index is -0.324. The van der Waals surface area contributed by atoms with Crippen molar-refractivity contribution < 1.29 is 9.53 Å². The molecule has 1 rings (SSSR count). The Morgan fingerprint density at radius 1 is 1.36 bits per heavy atom. The van der Waals surface area contributed by atoms with Crippen LogP contribution in [0.3, 0.4) is 0 Å². The van der Waals surface area contributed by atoms with Crippen molar-refractivity contribution in [2.24, 2.45) is 0 Å². The minimum Gasteiger partial charge on any atom is -0.427 e. The lowest BCUT2D eigenvalue weighted by atomic mass is 10.2. The van der Waals surface area contributed by atoms with Crippen molar-refractivity contribution in [1.82, 2.24) is 0 Å². The first-order chi connectivity index (χ1) is 5.18. The smallest absolute Gasteiger partial charge is 0.308 e. The Kier molecular flexibility index (Phi) is 2.26. The third-order valence-corrected chi connectivity index (χ3v) is 1.14. The Hall–Kier alpha value is -1.31. The fourth-order valence-corrected chi connectivity index (χ4v) is 0.702. The van der Waals surface area contributed by atoms with E-state index in [4.69, 9.17) is 11.7 Å². The van der Waals surface area contributed by atoms with Gasteiger partial charge in [0, 0.05) is 6.92 Å². The SMILES string of the molecule is [CH]c1ccc(OC(C)=O)cc1. The van der Waals surface area contributed by atoms with Crippen molar-refractivity contribution in [3.05, 3.63) is 36.8 Å². The van der Waals surface area contributed by atoms with Crippen LogP contribution in [0.25, 0.3) is 0 Å². The molecule has 0 amide bonds. The zero-order valence-electron chi connectivity index (χ0n) is 6.20. The van der Waals surface area contributed by atoms with Crippen LogP contribution in [0.4, 0.5) is 0 Å². The molecular weight excluding hydrogens is 140 g/mol. The lowest BCUT2D eigenvalue weighted by Crippen LogP contribution is -2.00. The highest BCUT2D eigenvalue weighted by atomic mass is 16.5. The molecule has 0 aliphatic rings. The predicted octanol–water partition coefficient (Wildman–Crippen LogP) is 1.67. The summed E-state index contributed by atoms with van der Waals surface area (Å²) in [7, 11) is 0. The molecule has 0 heterocycles. The molecule has 2 heteroatoms. The number of hydrogen-bond acceptors (Lipinski definition) is 2. The van der Waals surface area contributed by atoms with Gasteiger partial charge in [0.1, 0.15) is 5.75 Å². The molecule has 2 radical (unpaired) electrons. The monoisotopic (exact) mass is 148 g/mol. The van der Waals surface area contributed by atoms with Crippen LogP contribution in [-0.4, -0.2) is 5.97 Å². The summed E-state index contributed by atoms with van der Waals surface area (Å²) in [6.07, 6.45) is 0. The van der Waals surface area contributed by atoms with E-state index in [-0.39, 0.29) is 5.97 Å². The zero-order valence-corrected chi connectivity index (χ0v) is 6.20. The predicted molar refractivity (Wildman–Crippen MR) is 41.2 cm³/mol. The molecule has 0 N–H and O–H groups in total. The van der Waals surface area contributed by atoms with E-state index in [1.807, 2.05) is 0 Å². The molecule has 0 bridgehead atoms. The molecule has 0 fully saturated rings. The van der Waals surface area contributed by atoms with Crippen LogP contribution in [0.1, 0.15) is 12.5 Å². The van der Waals surface area contributed by atoms with E-state index in [9.17, 15) is 4.79 Å². The molecule has 0 unspecified atom stereocenters. The minimum absolute atomic E-state index is 0.324. The van der Waals surface area contributed by atoms with E-state index in [1.54, 1.807) is 24.3 Å². The van der Waals surface area contributed by atoms with Gasteiger partial charge in [-0.05, 0) is 24.6 Å². The quantitative estimate of drug-likeness (QED) is 0.447. The average Bonchev–Trinajstić information content (AvgIpc) is 1.93. The molecule has 0 saturated heterocycles. The van der Waals surface area contributed by atoms with Crippen LogP contribution in [0.5, 0.6) is 5.75 Å². The van der Waals surface area contributed by atoms with Crippen molar-refractivity contribution in [3.8, 4) is 5.75 Å². The molecule has 0 spiro atoms. The fourth-order valence-electron chi connectivity index (χ4n) is 0.702. The van der Waals surface area contributed by atoms with Crippen molar-refractivity contribution in [3.63, 3.8) is 0 Å². The van der Waals surface area contributed by atoms with Gasteiger partial charge in [0.2, 0.25) is 0 Å².